The summed E-state index contributed by atoms with van der Waals surface area (Å²) in [7, 11) is 0. The van der Waals surface area contributed by atoms with Crippen molar-refractivity contribution in [1.82, 2.24) is 9.88 Å². The summed E-state index contributed by atoms with van der Waals surface area (Å²) in [6.07, 6.45) is 8.31. The Morgan fingerprint density at radius 2 is 1.89 bits per heavy atom. The Hall–Kier alpha value is -1.10. The van der Waals surface area contributed by atoms with Crippen LogP contribution in [-0.2, 0) is 0 Å². The monoisotopic (exact) mass is 278 g/mol. The molecule has 1 aliphatic heterocycles. The fourth-order valence-electron chi connectivity index (χ4n) is 3.14. The lowest BCUT2D eigenvalue weighted by Gasteiger charge is -2.38. The largest absolute Gasteiger partial charge is 0.357 e. The van der Waals surface area contributed by atoms with Gasteiger partial charge in [-0.1, -0.05) is 19.3 Å². The number of piperazine rings is 1. The van der Waals surface area contributed by atoms with E-state index in [4.69, 9.17) is 5.41 Å². The summed E-state index contributed by atoms with van der Waals surface area (Å²) < 4.78 is 0. The van der Waals surface area contributed by atoms with Gasteiger partial charge in [-0.25, -0.2) is 4.98 Å². The van der Waals surface area contributed by atoms with Gasteiger partial charge in [0.25, 0.3) is 0 Å². The van der Waals surface area contributed by atoms with Gasteiger partial charge in [0, 0.05) is 43.7 Å². The smallest absolute Gasteiger partial charge is 0.185 e. The first-order valence-electron chi connectivity index (χ1n) is 7.32. The highest BCUT2D eigenvalue weighted by molar-refractivity contribution is 7.13. The number of thiazole rings is 1. The molecule has 104 valence electrons. The Kier molecular flexibility index (Phi) is 4.01. The maximum absolute atomic E-state index is 8.41. The van der Waals surface area contributed by atoms with E-state index in [9.17, 15) is 0 Å². The van der Waals surface area contributed by atoms with Crippen LogP contribution in [0.3, 0.4) is 0 Å². The molecule has 5 heteroatoms. The van der Waals surface area contributed by atoms with Crippen LogP contribution in [0, 0.1) is 11.3 Å². The maximum Gasteiger partial charge on any atom is 0.185 e. The van der Waals surface area contributed by atoms with E-state index in [1.54, 1.807) is 11.3 Å². The van der Waals surface area contributed by atoms with Crippen molar-refractivity contribution in [2.24, 2.45) is 5.92 Å². The highest BCUT2D eigenvalue weighted by Gasteiger charge is 2.26. The molecule has 1 aromatic heterocycles. The van der Waals surface area contributed by atoms with Crippen LogP contribution in [0.2, 0.25) is 0 Å². The summed E-state index contributed by atoms with van der Waals surface area (Å²) in [4.78, 5) is 9.01. The molecule has 19 heavy (non-hydrogen) atoms. The van der Waals surface area contributed by atoms with E-state index in [2.05, 4.69) is 14.8 Å². The van der Waals surface area contributed by atoms with Crippen molar-refractivity contribution in [3.05, 3.63) is 11.6 Å². The molecule has 1 saturated heterocycles. The quantitative estimate of drug-likeness (QED) is 0.668. The van der Waals surface area contributed by atoms with E-state index in [1.165, 1.54) is 32.1 Å². The fourth-order valence-corrected chi connectivity index (χ4v) is 3.84. The second-order valence-corrected chi connectivity index (χ2v) is 6.38. The molecular formula is C14H22N4S. The van der Waals surface area contributed by atoms with Crippen molar-refractivity contribution in [1.29, 1.82) is 5.41 Å². The fraction of sp³-hybridized carbons (Fsp3) is 0.714. The van der Waals surface area contributed by atoms with E-state index in [1.807, 2.05) is 11.6 Å². The van der Waals surface area contributed by atoms with Crippen LogP contribution in [0.15, 0.2) is 11.6 Å². The minimum Gasteiger partial charge on any atom is -0.357 e. The Bertz CT molecular complexity index is 403. The number of hydrogen-bond acceptors (Lipinski definition) is 4. The van der Waals surface area contributed by atoms with Crippen molar-refractivity contribution >= 4 is 22.3 Å². The topological polar surface area (TPSA) is 43.2 Å². The molecular weight excluding hydrogens is 256 g/mol. The molecule has 2 aliphatic rings. The normalized spacial score (nSPS) is 21.7. The minimum atomic E-state index is 0.528. The standard InChI is InChI=1S/C14H22N4S/c15-13(12-4-2-1-3-5-12)17-7-9-18(10-8-17)14-16-6-11-19-14/h6,11-12,15H,1-5,7-10H2. The summed E-state index contributed by atoms with van der Waals surface area (Å²) >= 11 is 1.71. The lowest BCUT2D eigenvalue weighted by Crippen LogP contribution is -2.50. The molecule has 0 spiro atoms. The second-order valence-electron chi connectivity index (χ2n) is 5.51. The molecule has 0 radical (unpaired) electrons. The SMILES string of the molecule is N=C(C1CCCCC1)N1CCN(c2nccs2)CC1. The zero-order chi connectivity index (χ0) is 13.1. The van der Waals surface area contributed by atoms with Gasteiger partial charge in [-0.2, -0.15) is 0 Å². The van der Waals surface area contributed by atoms with Gasteiger partial charge in [0.15, 0.2) is 5.13 Å². The van der Waals surface area contributed by atoms with Gasteiger partial charge < -0.3 is 9.80 Å². The molecule has 3 rings (SSSR count). The first-order chi connectivity index (χ1) is 9.34. The average Bonchev–Trinajstić information content (AvgIpc) is 3.02. The molecule has 4 nitrogen and oxygen atoms in total. The molecule has 2 fully saturated rings. The predicted molar refractivity (Wildman–Crippen MR) is 80.2 cm³/mol. The number of rotatable bonds is 2. The number of hydrogen-bond donors (Lipinski definition) is 1. The van der Waals surface area contributed by atoms with Crippen LogP contribution >= 0.6 is 11.3 Å². The summed E-state index contributed by atoms with van der Waals surface area (Å²) in [5.74, 6) is 1.43. The van der Waals surface area contributed by atoms with Gasteiger partial charge in [-0.15, -0.1) is 11.3 Å². The molecule has 0 bridgehead atoms. The summed E-state index contributed by atoms with van der Waals surface area (Å²) in [5.41, 5.74) is 0. The van der Waals surface area contributed by atoms with Crippen molar-refractivity contribution in [2.75, 3.05) is 31.1 Å². The zero-order valence-corrected chi connectivity index (χ0v) is 12.2. The van der Waals surface area contributed by atoms with E-state index in [0.717, 1.165) is 37.1 Å². The second kappa shape index (κ2) is 5.90. The van der Waals surface area contributed by atoms with Crippen molar-refractivity contribution in [3.63, 3.8) is 0 Å². The molecule has 1 aliphatic carbocycles. The molecule has 1 N–H and O–H groups in total. The molecule has 0 atom stereocenters. The summed E-state index contributed by atoms with van der Waals surface area (Å²) in [6, 6.07) is 0. The summed E-state index contributed by atoms with van der Waals surface area (Å²) in [6.45, 7) is 3.97. The van der Waals surface area contributed by atoms with Gasteiger partial charge in [-0.3, -0.25) is 5.41 Å². The lowest BCUT2D eigenvalue weighted by atomic mass is 9.88. The highest BCUT2D eigenvalue weighted by atomic mass is 32.1. The van der Waals surface area contributed by atoms with Gasteiger partial charge in [0.05, 0.1) is 5.84 Å². The highest BCUT2D eigenvalue weighted by Crippen LogP contribution is 2.26. The van der Waals surface area contributed by atoms with Crippen LogP contribution in [0.5, 0.6) is 0 Å². The van der Waals surface area contributed by atoms with E-state index in [-0.39, 0.29) is 0 Å². The first kappa shape index (κ1) is 12.9. The minimum absolute atomic E-state index is 0.528. The molecule has 1 saturated carbocycles. The van der Waals surface area contributed by atoms with Crippen LogP contribution in [0.25, 0.3) is 0 Å². The average molecular weight is 278 g/mol. The molecule has 2 heterocycles. The van der Waals surface area contributed by atoms with E-state index < -0.39 is 0 Å². The third kappa shape index (κ3) is 2.91. The third-order valence-electron chi connectivity index (χ3n) is 4.30. The van der Waals surface area contributed by atoms with Gasteiger partial charge in [0.1, 0.15) is 0 Å². The number of amidine groups is 1. The number of aromatic nitrogens is 1. The van der Waals surface area contributed by atoms with Gasteiger partial charge in [-0.05, 0) is 12.8 Å². The van der Waals surface area contributed by atoms with Crippen molar-refractivity contribution in [2.45, 2.75) is 32.1 Å². The number of nitrogens with zero attached hydrogens (tertiary/aromatic N) is 3. The maximum atomic E-state index is 8.41. The molecule has 1 aromatic rings. The van der Waals surface area contributed by atoms with Crippen LogP contribution < -0.4 is 4.90 Å². The van der Waals surface area contributed by atoms with Gasteiger partial charge in [0.2, 0.25) is 0 Å². The van der Waals surface area contributed by atoms with Crippen LogP contribution in [-0.4, -0.2) is 41.9 Å². The summed E-state index contributed by atoms with van der Waals surface area (Å²) in [5, 5.41) is 11.6. The molecule has 0 unspecified atom stereocenters. The Balaban J connectivity index is 1.53. The first-order valence-corrected chi connectivity index (χ1v) is 8.20. The Labute approximate surface area is 118 Å². The van der Waals surface area contributed by atoms with E-state index in [0.29, 0.717) is 5.92 Å². The number of nitrogens with one attached hydrogen (secondary N) is 1. The molecule has 0 amide bonds. The number of anilines is 1. The van der Waals surface area contributed by atoms with Crippen LogP contribution in [0.1, 0.15) is 32.1 Å². The predicted octanol–water partition coefficient (Wildman–Crippen LogP) is 2.82. The van der Waals surface area contributed by atoms with Crippen molar-refractivity contribution in [3.8, 4) is 0 Å². The van der Waals surface area contributed by atoms with E-state index >= 15 is 0 Å². The van der Waals surface area contributed by atoms with Crippen LogP contribution in [0.4, 0.5) is 5.13 Å². The molecule has 0 aromatic carbocycles. The zero-order valence-electron chi connectivity index (χ0n) is 11.3. The van der Waals surface area contributed by atoms with Gasteiger partial charge >= 0.3 is 0 Å². The van der Waals surface area contributed by atoms with Crippen molar-refractivity contribution < 1.29 is 0 Å². The third-order valence-corrected chi connectivity index (χ3v) is 5.13. The Morgan fingerprint density at radius 3 is 2.53 bits per heavy atom. The lowest BCUT2D eigenvalue weighted by molar-refractivity contribution is 0.335. The Morgan fingerprint density at radius 1 is 1.16 bits per heavy atom.